The van der Waals surface area contributed by atoms with Crippen LogP contribution in [0.4, 0.5) is 11.4 Å². The number of para-hydroxylation sites is 1. The number of carbonyl (C=O) groups is 1. The Morgan fingerprint density at radius 1 is 1.11 bits per heavy atom. The van der Waals surface area contributed by atoms with Crippen molar-refractivity contribution in [3.05, 3.63) is 69.8 Å². The summed E-state index contributed by atoms with van der Waals surface area (Å²) in [6.45, 7) is 1.90. The summed E-state index contributed by atoms with van der Waals surface area (Å²) < 4.78 is -1.92. The number of aryl methyl sites for hydroxylation is 1. The molecule has 0 bridgehead atoms. The second-order valence-electron chi connectivity index (χ2n) is 5.67. The predicted molar refractivity (Wildman–Crippen MR) is 115 cm³/mol. The zero-order chi connectivity index (χ0) is 20.9. The van der Waals surface area contributed by atoms with Crippen molar-refractivity contribution in [3.63, 3.8) is 0 Å². The first-order valence-corrected chi connectivity index (χ1v) is 9.37. The fourth-order valence-electron chi connectivity index (χ4n) is 2.15. The van der Waals surface area contributed by atoms with E-state index in [4.69, 9.17) is 47.0 Å². The first-order chi connectivity index (χ1) is 13.1. The lowest BCUT2D eigenvalue weighted by Crippen LogP contribution is -2.56. The van der Waals surface area contributed by atoms with Gasteiger partial charge in [-0.05, 0) is 42.9 Å². The number of rotatable bonds is 5. The van der Waals surface area contributed by atoms with E-state index in [1.54, 1.807) is 0 Å². The Balaban J connectivity index is 2.09. The Morgan fingerprint density at radius 3 is 2.25 bits per heavy atom. The number of nitrogens with one attached hydrogen (secondary N) is 3. The maximum Gasteiger partial charge on any atom is 0.269 e. The summed E-state index contributed by atoms with van der Waals surface area (Å²) in [5, 5.41) is 19.1. The number of nitro benzene ring substituents is 1. The average molecular weight is 462 g/mol. The van der Waals surface area contributed by atoms with Gasteiger partial charge in [0.2, 0.25) is 3.79 Å². The van der Waals surface area contributed by atoms with E-state index in [1.807, 2.05) is 31.2 Å². The summed E-state index contributed by atoms with van der Waals surface area (Å²) >= 11 is 23.1. The van der Waals surface area contributed by atoms with E-state index in [0.717, 1.165) is 11.3 Å². The number of hydrogen-bond acceptors (Lipinski definition) is 4. The number of hydrogen-bond donors (Lipinski definition) is 3. The molecule has 0 heterocycles. The van der Waals surface area contributed by atoms with Gasteiger partial charge in [-0.2, -0.15) is 0 Å². The monoisotopic (exact) mass is 460 g/mol. The molecule has 7 nitrogen and oxygen atoms in total. The summed E-state index contributed by atoms with van der Waals surface area (Å²) in [6, 6.07) is 12.4. The van der Waals surface area contributed by atoms with E-state index in [0.29, 0.717) is 0 Å². The fourth-order valence-corrected chi connectivity index (χ4v) is 2.71. The Kier molecular flexibility index (Phi) is 7.42. The van der Waals surface area contributed by atoms with Crippen molar-refractivity contribution in [2.45, 2.75) is 16.9 Å². The van der Waals surface area contributed by atoms with Crippen molar-refractivity contribution < 1.29 is 9.72 Å². The molecule has 1 atom stereocenters. The molecule has 0 spiro atoms. The van der Waals surface area contributed by atoms with Crippen molar-refractivity contribution in [2.24, 2.45) is 0 Å². The van der Waals surface area contributed by atoms with E-state index in [2.05, 4.69) is 16.0 Å². The van der Waals surface area contributed by atoms with Crippen LogP contribution in [-0.2, 0) is 0 Å². The van der Waals surface area contributed by atoms with Gasteiger partial charge >= 0.3 is 0 Å². The van der Waals surface area contributed by atoms with Crippen LogP contribution < -0.4 is 16.0 Å². The number of halogens is 3. The number of amides is 1. The first-order valence-electron chi connectivity index (χ1n) is 7.83. The van der Waals surface area contributed by atoms with Crippen LogP contribution in [0.5, 0.6) is 0 Å². The molecule has 0 saturated heterocycles. The molecular formula is C17H15Cl3N4O3S. The maximum atomic E-state index is 12.4. The molecule has 0 aromatic heterocycles. The molecule has 148 valence electrons. The van der Waals surface area contributed by atoms with Crippen LogP contribution in [0.15, 0.2) is 48.5 Å². The normalized spacial score (nSPS) is 12.0. The third-order valence-corrected chi connectivity index (χ3v) is 4.49. The van der Waals surface area contributed by atoms with Crippen LogP contribution >= 0.6 is 47.0 Å². The minimum atomic E-state index is -1.92. The van der Waals surface area contributed by atoms with Crippen molar-refractivity contribution in [2.75, 3.05) is 5.32 Å². The summed E-state index contributed by atoms with van der Waals surface area (Å²) in [5.74, 6) is -0.600. The first kappa shape index (κ1) is 22.2. The second-order valence-corrected chi connectivity index (χ2v) is 8.44. The lowest BCUT2D eigenvalue weighted by atomic mass is 10.2. The third kappa shape index (κ3) is 6.20. The number of nitro groups is 1. The fraction of sp³-hybridized carbons (Fsp3) is 0.176. The van der Waals surface area contributed by atoms with Crippen molar-refractivity contribution in [3.8, 4) is 0 Å². The van der Waals surface area contributed by atoms with Crippen LogP contribution in [0.1, 0.15) is 15.9 Å². The van der Waals surface area contributed by atoms with Gasteiger partial charge in [-0.25, -0.2) is 0 Å². The van der Waals surface area contributed by atoms with E-state index >= 15 is 0 Å². The molecule has 0 aliphatic heterocycles. The van der Waals surface area contributed by atoms with Gasteiger partial charge in [0, 0.05) is 23.4 Å². The number of thiocarbonyl (C=S) groups is 1. The molecule has 0 fully saturated rings. The van der Waals surface area contributed by atoms with Gasteiger partial charge in [0.25, 0.3) is 11.6 Å². The van der Waals surface area contributed by atoms with Crippen LogP contribution in [-0.4, -0.2) is 25.9 Å². The highest BCUT2D eigenvalue weighted by Gasteiger charge is 2.35. The molecule has 11 heteroatoms. The highest BCUT2D eigenvalue weighted by atomic mass is 35.6. The predicted octanol–water partition coefficient (Wildman–Crippen LogP) is 4.32. The number of carbonyl (C=O) groups excluding carboxylic acids is 1. The smallest absolute Gasteiger partial charge is 0.269 e. The molecule has 1 unspecified atom stereocenters. The molecule has 1 amide bonds. The lowest BCUT2D eigenvalue weighted by Gasteiger charge is -2.28. The molecule has 2 rings (SSSR count). The van der Waals surface area contributed by atoms with Gasteiger partial charge in [0.1, 0.15) is 6.17 Å². The summed E-state index contributed by atoms with van der Waals surface area (Å²) in [4.78, 5) is 22.6. The number of nitrogens with zero attached hydrogens (tertiary/aromatic N) is 1. The van der Waals surface area contributed by atoms with Gasteiger partial charge < -0.3 is 16.0 Å². The molecular weight excluding hydrogens is 447 g/mol. The Hall–Kier alpha value is -2.13. The highest BCUT2D eigenvalue weighted by molar-refractivity contribution is 7.80. The Bertz CT molecular complexity index is 888. The van der Waals surface area contributed by atoms with Crippen molar-refractivity contribution in [1.82, 2.24) is 10.6 Å². The highest BCUT2D eigenvalue weighted by Crippen LogP contribution is 2.29. The van der Waals surface area contributed by atoms with Crippen LogP contribution in [0, 0.1) is 17.0 Å². The molecule has 28 heavy (non-hydrogen) atoms. The maximum absolute atomic E-state index is 12.4. The van der Waals surface area contributed by atoms with Crippen LogP contribution in [0.2, 0.25) is 0 Å². The lowest BCUT2D eigenvalue weighted by molar-refractivity contribution is -0.384. The van der Waals surface area contributed by atoms with Crippen molar-refractivity contribution >= 4 is 69.4 Å². The SMILES string of the molecule is Cc1ccccc1NC(=S)NC(NC(=O)c1ccc([N+](=O)[O-])cc1)C(Cl)(Cl)Cl. The minimum absolute atomic E-state index is 0.134. The second kappa shape index (κ2) is 9.38. The van der Waals surface area contributed by atoms with Gasteiger partial charge in [0.05, 0.1) is 4.92 Å². The zero-order valence-corrected chi connectivity index (χ0v) is 17.5. The summed E-state index contributed by atoms with van der Waals surface area (Å²) in [5.41, 5.74) is 1.72. The largest absolute Gasteiger partial charge is 0.339 e. The molecule has 2 aromatic carbocycles. The molecule has 3 N–H and O–H groups in total. The van der Waals surface area contributed by atoms with Crippen molar-refractivity contribution in [1.29, 1.82) is 0 Å². The average Bonchev–Trinajstić information content (AvgIpc) is 2.62. The topological polar surface area (TPSA) is 96.3 Å². The molecule has 0 saturated carbocycles. The number of anilines is 1. The third-order valence-electron chi connectivity index (χ3n) is 3.61. The van der Waals surface area contributed by atoms with E-state index in [1.165, 1.54) is 24.3 Å². The summed E-state index contributed by atoms with van der Waals surface area (Å²) in [7, 11) is 0. The van der Waals surface area contributed by atoms with Crippen LogP contribution in [0.3, 0.4) is 0 Å². The standard InChI is InChI=1S/C17H15Cl3N4O3S/c1-10-4-2-3-5-13(10)21-16(28)23-15(17(18,19)20)22-14(25)11-6-8-12(9-7-11)24(26)27/h2-9,15H,1H3,(H,22,25)(H2,21,23,28). The van der Waals surface area contributed by atoms with Gasteiger partial charge in [-0.15, -0.1) is 0 Å². The van der Waals surface area contributed by atoms with E-state index in [-0.39, 0.29) is 16.4 Å². The zero-order valence-electron chi connectivity index (χ0n) is 14.4. The van der Waals surface area contributed by atoms with E-state index in [9.17, 15) is 14.9 Å². The minimum Gasteiger partial charge on any atom is -0.339 e. The summed E-state index contributed by atoms with van der Waals surface area (Å²) in [6.07, 6.45) is -1.16. The Labute approximate surface area is 181 Å². The Morgan fingerprint density at radius 2 is 1.71 bits per heavy atom. The van der Waals surface area contributed by atoms with Gasteiger partial charge in [0.15, 0.2) is 5.11 Å². The van der Waals surface area contributed by atoms with Gasteiger partial charge in [-0.3, -0.25) is 14.9 Å². The number of non-ortho nitro benzene ring substituents is 1. The molecule has 0 aliphatic carbocycles. The van der Waals surface area contributed by atoms with E-state index < -0.39 is 20.8 Å². The number of alkyl halides is 3. The number of benzene rings is 2. The quantitative estimate of drug-likeness (QED) is 0.202. The van der Waals surface area contributed by atoms with Crippen LogP contribution in [0.25, 0.3) is 0 Å². The molecule has 0 aliphatic rings. The van der Waals surface area contributed by atoms with Gasteiger partial charge in [-0.1, -0.05) is 53.0 Å². The molecule has 2 aromatic rings. The molecule has 0 radical (unpaired) electrons.